The van der Waals surface area contributed by atoms with Crippen molar-refractivity contribution in [2.45, 2.75) is 26.3 Å². The average molecular weight is 243 g/mol. The quantitative estimate of drug-likeness (QED) is 0.850. The largest absolute Gasteiger partial charge is 0.466 e. The molecular weight excluding hydrogens is 226 g/mol. The first kappa shape index (κ1) is 11.7. The maximum Gasteiger partial charge on any atom is 0.150 e. The van der Waals surface area contributed by atoms with E-state index in [4.69, 9.17) is 10.2 Å². The number of hydrogen-bond donors (Lipinski definition) is 1. The third kappa shape index (κ3) is 2.15. The van der Waals surface area contributed by atoms with Crippen LogP contribution >= 0.6 is 0 Å². The Bertz CT molecular complexity index is 489. The van der Waals surface area contributed by atoms with Crippen LogP contribution in [-0.4, -0.2) is 19.9 Å². The number of hydrogen-bond acceptors (Lipinski definition) is 4. The monoisotopic (exact) mass is 243 g/mol. The van der Waals surface area contributed by atoms with Gasteiger partial charge in [-0.1, -0.05) is 0 Å². The van der Waals surface area contributed by atoms with Gasteiger partial charge in [-0.05, 0) is 32.3 Å². The molecule has 2 N–H and O–H groups in total. The van der Waals surface area contributed by atoms with Gasteiger partial charge >= 0.3 is 0 Å². The highest BCUT2D eigenvalue weighted by Gasteiger charge is 2.33. The van der Waals surface area contributed by atoms with Crippen LogP contribution in [0.2, 0.25) is 0 Å². The summed E-state index contributed by atoms with van der Waals surface area (Å²) in [5.41, 5.74) is 7.06. The minimum absolute atomic E-state index is 0.0284. The van der Waals surface area contributed by atoms with Crippen molar-refractivity contribution in [3.63, 3.8) is 0 Å². The molecule has 90 valence electrons. The second-order valence-corrected chi connectivity index (χ2v) is 6.79. The van der Waals surface area contributed by atoms with Crippen molar-refractivity contribution in [2.24, 2.45) is 11.7 Å². The van der Waals surface area contributed by atoms with Gasteiger partial charge in [-0.2, -0.15) is 0 Å². The van der Waals surface area contributed by atoms with Gasteiger partial charge in [-0.3, -0.25) is 0 Å². The van der Waals surface area contributed by atoms with Gasteiger partial charge < -0.3 is 10.2 Å². The fourth-order valence-corrected chi connectivity index (χ4v) is 4.20. The highest BCUT2D eigenvalue weighted by Crippen LogP contribution is 2.32. The van der Waals surface area contributed by atoms with Crippen LogP contribution in [0.1, 0.15) is 29.5 Å². The van der Waals surface area contributed by atoms with E-state index in [-0.39, 0.29) is 23.5 Å². The minimum Gasteiger partial charge on any atom is -0.466 e. The topological polar surface area (TPSA) is 73.3 Å². The fraction of sp³-hybridized carbons (Fsp3) is 0.636. The van der Waals surface area contributed by atoms with Crippen LogP contribution in [0, 0.1) is 19.8 Å². The third-order valence-electron chi connectivity index (χ3n) is 3.21. The molecule has 2 unspecified atom stereocenters. The maximum absolute atomic E-state index is 11.4. The number of aryl methyl sites for hydroxylation is 2. The Kier molecular flexibility index (Phi) is 2.84. The molecule has 2 atom stereocenters. The second kappa shape index (κ2) is 3.89. The van der Waals surface area contributed by atoms with Gasteiger partial charge in [0, 0.05) is 11.6 Å². The van der Waals surface area contributed by atoms with E-state index in [1.165, 1.54) is 0 Å². The molecule has 1 fully saturated rings. The van der Waals surface area contributed by atoms with E-state index in [1.807, 2.05) is 19.9 Å². The van der Waals surface area contributed by atoms with Gasteiger partial charge in [0.2, 0.25) is 0 Å². The van der Waals surface area contributed by atoms with E-state index in [2.05, 4.69) is 0 Å². The lowest BCUT2D eigenvalue weighted by molar-refractivity contribution is 0.457. The third-order valence-corrected chi connectivity index (χ3v) is 5.01. The van der Waals surface area contributed by atoms with Gasteiger partial charge in [0.05, 0.1) is 11.5 Å². The summed E-state index contributed by atoms with van der Waals surface area (Å²) in [5.74, 6) is 2.12. The predicted octanol–water partition coefficient (Wildman–Crippen LogP) is 1.33. The molecule has 0 saturated carbocycles. The van der Waals surface area contributed by atoms with E-state index in [1.54, 1.807) is 0 Å². The van der Waals surface area contributed by atoms with Gasteiger partial charge in [0.25, 0.3) is 0 Å². The lowest BCUT2D eigenvalue weighted by atomic mass is 9.93. The van der Waals surface area contributed by atoms with Crippen molar-refractivity contribution < 1.29 is 12.8 Å². The molecule has 0 spiro atoms. The van der Waals surface area contributed by atoms with Crippen molar-refractivity contribution in [2.75, 3.05) is 11.5 Å². The maximum atomic E-state index is 11.4. The molecule has 0 amide bonds. The molecule has 16 heavy (non-hydrogen) atoms. The molecule has 2 rings (SSSR count). The Morgan fingerprint density at radius 1 is 1.50 bits per heavy atom. The van der Waals surface area contributed by atoms with Gasteiger partial charge in [0.1, 0.15) is 11.5 Å². The number of nitrogens with two attached hydrogens (primary N) is 1. The Balaban J connectivity index is 2.20. The van der Waals surface area contributed by atoms with E-state index in [0.717, 1.165) is 17.1 Å². The summed E-state index contributed by atoms with van der Waals surface area (Å²) in [6.45, 7) is 3.74. The van der Waals surface area contributed by atoms with Crippen molar-refractivity contribution in [3.8, 4) is 0 Å². The zero-order valence-corrected chi connectivity index (χ0v) is 10.4. The summed E-state index contributed by atoms with van der Waals surface area (Å²) >= 11 is 0. The summed E-state index contributed by atoms with van der Waals surface area (Å²) in [5, 5.41) is 0. The predicted molar refractivity (Wildman–Crippen MR) is 61.9 cm³/mol. The summed E-state index contributed by atoms with van der Waals surface area (Å²) in [7, 11) is -2.87. The van der Waals surface area contributed by atoms with Crippen LogP contribution in [0.4, 0.5) is 0 Å². The Morgan fingerprint density at radius 3 is 2.62 bits per heavy atom. The summed E-state index contributed by atoms with van der Waals surface area (Å²) in [6, 6.07) is 1.68. The molecular formula is C11H17NO3S. The van der Waals surface area contributed by atoms with Gasteiger partial charge in [-0.25, -0.2) is 8.42 Å². The molecule has 0 aromatic carbocycles. The first-order chi connectivity index (χ1) is 7.39. The molecule has 1 aromatic heterocycles. The van der Waals surface area contributed by atoms with Crippen LogP contribution in [0.5, 0.6) is 0 Å². The second-order valence-electron chi connectivity index (χ2n) is 4.56. The van der Waals surface area contributed by atoms with Crippen molar-refractivity contribution in [3.05, 3.63) is 23.2 Å². The lowest BCUT2D eigenvalue weighted by Gasteiger charge is -2.16. The molecule has 5 heteroatoms. The summed E-state index contributed by atoms with van der Waals surface area (Å²) < 4.78 is 28.2. The number of sulfone groups is 1. The number of furan rings is 1. The normalized spacial score (nSPS) is 25.8. The fourth-order valence-electron chi connectivity index (χ4n) is 2.34. The molecule has 1 aliphatic heterocycles. The first-order valence-electron chi connectivity index (χ1n) is 5.42. The Morgan fingerprint density at radius 2 is 2.19 bits per heavy atom. The van der Waals surface area contributed by atoms with E-state index >= 15 is 0 Å². The number of rotatable bonds is 2. The Labute approximate surface area is 95.7 Å². The smallest absolute Gasteiger partial charge is 0.150 e. The van der Waals surface area contributed by atoms with E-state index in [9.17, 15) is 8.42 Å². The molecule has 4 nitrogen and oxygen atoms in total. The lowest BCUT2D eigenvalue weighted by Crippen LogP contribution is -2.22. The zero-order chi connectivity index (χ0) is 11.9. The molecule has 1 aliphatic rings. The molecule has 0 radical (unpaired) electrons. The SMILES string of the molecule is Cc1cc(C(N)C2CCS(=O)(=O)C2)c(C)o1. The molecule has 1 aromatic rings. The molecule has 0 bridgehead atoms. The Hall–Kier alpha value is -0.810. The standard InChI is InChI=1S/C11H17NO3S/c1-7-5-10(8(2)15-7)11(12)9-3-4-16(13,14)6-9/h5,9,11H,3-4,6,12H2,1-2H3. The highest BCUT2D eigenvalue weighted by atomic mass is 32.2. The van der Waals surface area contributed by atoms with Crippen LogP contribution < -0.4 is 5.73 Å². The summed E-state index contributed by atoms with van der Waals surface area (Å²) in [4.78, 5) is 0. The van der Waals surface area contributed by atoms with E-state index < -0.39 is 9.84 Å². The van der Waals surface area contributed by atoms with Gasteiger partial charge in [-0.15, -0.1) is 0 Å². The molecule has 0 aliphatic carbocycles. The van der Waals surface area contributed by atoms with Crippen molar-refractivity contribution in [1.29, 1.82) is 0 Å². The zero-order valence-electron chi connectivity index (χ0n) is 9.56. The first-order valence-corrected chi connectivity index (χ1v) is 7.24. The van der Waals surface area contributed by atoms with Crippen LogP contribution in [-0.2, 0) is 9.84 Å². The molecule has 2 heterocycles. The molecule has 1 saturated heterocycles. The summed E-state index contributed by atoms with van der Waals surface area (Å²) in [6.07, 6.45) is 0.660. The van der Waals surface area contributed by atoms with Crippen molar-refractivity contribution >= 4 is 9.84 Å². The highest BCUT2D eigenvalue weighted by molar-refractivity contribution is 7.91. The van der Waals surface area contributed by atoms with Crippen LogP contribution in [0.3, 0.4) is 0 Å². The van der Waals surface area contributed by atoms with Crippen LogP contribution in [0.15, 0.2) is 10.5 Å². The average Bonchev–Trinajstić information content (AvgIpc) is 2.68. The minimum atomic E-state index is -2.87. The van der Waals surface area contributed by atoms with E-state index in [0.29, 0.717) is 6.42 Å². The van der Waals surface area contributed by atoms with Gasteiger partial charge in [0.15, 0.2) is 9.84 Å². The van der Waals surface area contributed by atoms with Crippen LogP contribution in [0.25, 0.3) is 0 Å². The van der Waals surface area contributed by atoms with Crippen molar-refractivity contribution in [1.82, 2.24) is 0 Å².